The first-order valence-electron chi connectivity index (χ1n) is 12.2. The van der Waals surface area contributed by atoms with Gasteiger partial charge in [-0.2, -0.15) is 10.2 Å². The monoisotopic (exact) mass is 474 g/mol. The molecule has 3 N–H and O–H groups in total. The van der Waals surface area contributed by atoms with Gasteiger partial charge in [-0.25, -0.2) is 9.89 Å². The molecule has 0 bridgehead atoms. The zero-order valence-corrected chi connectivity index (χ0v) is 20.0. The highest BCUT2D eigenvalue weighted by molar-refractivity contribution is 5.87. The fraction of sp³-hybridized carbons (Fsp3) is 0.462. The van der Waals surface area contributed by atoms with Crippen LogP contribution in [0.2, 0.25) is 0 Å². The summed E-state index contributed by atoms with van der Waals surface area (Å²) >= 11 is 0. The molecule has 4 aromatic rings. The molecule has 0 atom stereocenters. The van der Waals surface area contributed by atoms with Gasteiger partial charge in [0.25, 0.3) is 0 Å². The maximum Gasteiger partial charge on any atom is 0.346 e. The Morgan fingerprint density at radius 3 is 2.69 bits per heavy atom. The lowest BCUT2D eigenvalue weighted by Gasteiger charge is -2.57. The summed E-state index contributed by atoms with van der Waals surface area (Å²) in [6.45, 7) is 3.87. The van der Waals surface area contributed by atoms with Crippen LogP contribution in [-0.2, 0) is 17.8 Å². The Morgan fingerprint density at radius 2 is 1.91 bits per heavy atom. The number of benzene rings is 1. The highest BCUT2D eigenvalue weighted by Crippen LogP contribution is 2.61. The third-order valence-corrected chi connectivity index (χ3v) is 7.57. The second-order valence-electron chi connectivity index (χ2n) is 11.1. The normalized spacial score (nSPS) is 24.0. The number of amides is 1. The summed E-state index contributed by atoms with van der Waals surface area (Å²) < 4.78 is 3.40. The smallest absolute Gasteiger partial charge is 0.346 e. The Labute approximate surface area is 202 Å². The molecule has 2 saturated carbocycles. The minimum atomic E-state index is -0.896. The topological polar surface area (TPSA) is 117 Å². The van der Waals surface area contributed by atoms with E-state index >= 15 is 0 Å². The van der Waals surface area contributed by atoms with Crippen LogP contribution in [0.15, 0.2) is 47.4 Å². The van der Waals surface area contributed by atoms with Gasteiger partial charge in [-0.05, 0) is 63.1 Å². The molecule has 35 heavy (non-hydrogen) atoms. The summed E-state index contributed by atoms with van der Waals surface area (Å²) in [4.78, 5) is 24.8. The lowest BCUT2D eigenvalue weighted by atomic mass is 9.49. The molecule has 3 heterocycles. The van der Waals surface area contributed by atoms with E-state index in [9.17, 15) is 14.7 Å². The van der Waals surface area contributed by atoms with Gasteiger partial charge in [0.1, 0.15) is 0 Å². The first kappa shape index (κ1) is 22.0. The van der Waals surface area contributed by atoms with E-state index < -0.39 is 5.60 Å². The predicted molar refractivity (Wildman–Crippen MR) is 131 cm³/mol. The summed E-state index contributed by atoms with van der Waals surface area (Å²) in [6.07, 6.45) is 6.00. The van der Waals surface area contributed by atoms with Crippen LogP contribution >= 0.6 is 0 Å². The average molecular weight is 475 g/mol. The second kappa shape index (κ2) is 7.78. The Morgan fingerprint density at radius 1 is 1.17 bits per heavy atom. The van der Waals surface area contributed by atoms with Crippen molar-refractivity contribution in [3.05, 3.63) is 64.5 Å². The average Bonchev–Trinajstić information content (AvgIpc) is 3.35. The number of hydrogen-bond donors (Lipinski definition) is 3. The predicted octanol–water partition coefficient (Wildman–Crippen LogP) is 2.53. The van der Waals surface area contributed by atoms with E-state index in [0.29, 0.717) is 12.5 Å². The Balaban J connectivity index is 1.07. The lowest BCUT2D eigenvalue weighted by molar-refractivity contribution is -0.124. The fourth-order valence-corrected chi connectivity index (χ4v) is 6.13. The van der Waals surface area contributed by atoms with E-state index in [-0.39, 0.29) is 29.5 Å². The molecule has 0 unspecified atom stereocenters. The Kier molecular flexibility index (Phi) is 4.90. The molecule has 2 aliphatic rings. The quantitative estimate of drug-likeness (QED) is 0.397. The molecule has 2 fully saturated rings. The Bertz CT molecular complexity index is 1480. The SMILES string of the molecule is CC(C)(O)Cn1nc(CC(=O)NC2CC3(C2)CC(c2n[nH]c(=O)n4cccc24)C3)c2ccccc21. The van der Waals surface area contributed by atoms with Crippen LogP contribution in [0.25, 0.3) is 16.4 Å². The number of carbonyl (C=O) groups excluding carboxylic acids is 1. The van der Waals surface area contributed by atoms with Crippen molar-refractivity contribution in [1.29, 1.82) is 0 Å². The van der Waals surface area contributed by atoms with E-state index in [2.05, 4.69) is 20.6 Å². The van der Waals surface area contributed by atoms with Crippen molar-refractivity contribution >= 4 is 22.3 Å². The number of aromatic nitrogens is 5. The molecule has 0 radical (unpaired) electrons. The number of H-pyrrole nitrogens is 1. The number of aromatic amines is 1. The second-order valence-corrected chi connectivity index (χ2v) is 11.1. The van der Waals surface area contributed by atoms with Gasteiger partial charge in [0.05, 0.1) is 41.0 Å². The highest BCUT2D eigenvalue weighted by atomic mass is 16.3. The van der Waals surface area contributed by atoms with Crippen molar-refractivity contribution in [3.8, 4) is 0 Å². The molecule has 1 spiro atoms. The van der Waals surface area contributed by atoms with Gasteiger partial charge in [0, 0.05) is 23.5 Å². The third kappa shape index (κ3) is 3.93. The molecular formula is C26H30N6O3. The lowest BCUT2D eigenvalue weighted by Crippen LogP contribution is -2.56. The first-order valence-corrected chi connectivity index (χ1v) is 12.2. The van der Waals surface area contributed by atoms with Crippen LogP contribution in [0, 0.1) is 5.41 Å². The van der Waals surface area contributed by atoms with Crippen molar-refractivity contribution in [2.24, 2.45) is 5.41 Å². The minimum Gasteiger partial charge on any atom is -0.389 e. The standard InChI is InChI=1S/C26H30N6O3/c1-25(2,35)15-32-20-7-4-3-6-18(20)19(30-32)10-22(33)27-17-13-26(14-17)11-16(12-26)23-21-8-5-9-31(21)24(34)29-28-23/h3-9,16-17,35H,10-15H2,1-2H3,(H,27,33)(H,29,34). The highest BCUT2D eigenvalue weighted by Gasteiger charge is 2.54. The maximum atomic E-state index is 12.8. The molecule has 182 valence electrons. The molecule has 2 aliphatic carbocycles. The number of hydrogen-bond acceptors (Lipinski definition) is 5. The molecule has 9 nitrogen and oxygen atoms in total. The van der Waals surface area contributed by atoms with E-state index in [4.69, 9.17) is 0 Å². The van der Waals surface area contributed by atoms with Gasteiger partial charge in [0.15, 0.2) is 0 Å². The number of fused-ring (bicyclic) bond motifs is 2. The summed E-state index contributed by atoms with van der Waals surface area (Å²) in [5.74, 6) is 0.323. The van der Waals surface area contributed by atoms with Crippen LogP contribution in [0.4, 0.5) is 0 Å². The summed E-state index contributed by atoms with van der Waals surface area (Å²) in [5, 5.41) is 26.0. The van der Waals surface area contributed by atoms with E-state index in [1.807, 2.05) is 36.4 Å². The van der Waals surface area contributed by atoms with Crippen molar-refractivity contribution < 1.29 is 9.90 Å². The van der Waals surface area contributed by atoms with Crippen LogP contribution < -0.4 is 11.0 Å². The fourth-order valence-electron chi connectivity index (χ4n) is 6.13. The van der Waals surface area contributed by atoms with Crippen LogP contribution in [0.1, 0.15) is 56.8 Å². The molecule has 1 amide bonds. The minimum absolute atomic E-state index is 0.0171. The summed E-state index contributed by atoms with van der Waals surface area (Å²) in [6, 6.07) is 11.8. The first-order chi connectivity index (χ1) is 16.7. The van der Waals surface area contributed by atoms with Crippen LogP contribution in [0.5, 0.6) is 0 Å². The molecule has 1 aromatic carbocycles. The van der Waals surface area contributed by atoms with Crippen LogP contribution in [0.3, 0.4) is 0 Å². The van der Waals surface area contributed by atoms with Crippen molar-refractivity contribution in [1.82, 2.24) is 29.7 Å². The molecule has 0 aliphatic heterocycles. The Hall–Kier alpha value is -3.46. The van der Waals surface area contributed by atoms with Gasteiger partial charge >= 0.3 is 5.69 Å². The van der Waals surface area contributed by atoms with Gasteiger partial charge < -0.3 is 10.4 Å². The van der Waals surface area contributed by atoms with Gasteiger partial charge in [-0.15, -0.1) is 0 Å². The maximum absolute atomic E-state index is 12.8. The van der Waals surface area contributed by atoms with Crippen molar-refractivity contribution in [3.63, 3.8) is 0 Å². The van der Waals surface area contributed by atoms with E-state index in [1.54, 1.807) is 29.1 Å². The third-order valence-electron chi connectivity index (χ3n) is 7.57. The molecule has 0 saturated heterocycles. The molecule has 3 aromatic heterocycles. The molecule has 9 heteroatoms. The summed E-state index contributed by atoms with van der Waals surface area (Å²) in [7, 11) is 0. The molecule has 6 rings (SSSR count). The van der Waals surface area contributed by atoms with Gasteiger partial charge in [0.2, 0.25) is 5.91 Å². The number of nitrogens with zero attached hydrogens (tertiary/aromatic N) is 4. The summed E-state index contributed by atoms with van der Waals surface area (Å²) in [5.41, 5.74) is 2.66. The van der Waals surface area contributed by atoms with Crippen molar-refractivity contribution in [2.75, 3.05) is 0 Å². The van der Waals surface area contributed by atoms with Crippen LogP contribution in [-0.4, -0.2) is 47.0 Å². The van der Waals surface area contributed by atoms with Crippen molar-refractivity contribution in [2.45, 2.75) is 70.1 Å². The van der Waals surface area contributed by atoms with Gasteiger partial charge in [-0.1, -0.05) is 18.2 Å². The number of para-hydroxylation sites is 1. The zero-order valence-electron chi connectivity index (χ0n) is 20.0. The number of nitrogens with one attached hydrogen (secondary N) is 2. The number of carbonyl (C=O) groups is 1. The zero-order chi connectivity index (χ0) is 24.4. The molecular weight excluding hydrogens is 444 g/mol. The number of aliphatic hydroxyl groups is 1. The van der Waals surface area contributed by atoms with Gasteiger partial charge in [-0.3, -0.25) is 13.9 Å². The van der Waals surface area contributed by atoms with E-state index in [0.717, 1.165) is 53.5 Å². The van der Waals surface area contributed by atoms with E-state index in [1.165, 1.54) is 0 Å². The largest absolute Gasteiger partial charge is 0.389 e. The number of rotatable bonds is 6.